The van der Waals surface area contributed by atoms with Crippen LogP contribution >= 0.6 is 0 Å². The van der Waals surface area contributed by atoms with Gasteiger partial charge in [-0.05, 0) is 0 Å². The maximum absolute atomic E-state index is 9.73. The van der Waals surface area contributed by atoms with Gasteiger partial charge in [-0.2, -0.15) is 0 Å². The topological polar surface area (TPSA) is 86.6 Å². The van der Waals surface area contributed by atoms with Crippen LogP contribution in [-0.4, -0.2) is 86.6 Å². The third-order valence-electron chi connectivity index (χ3n) is 0.552. The SMILES string of the molecule is O=C(O)CNCC(=O)O.[K]. The molecule has 1 radical (unpaired) electrons. The minimum absolute atomic E-state index is 0. The standard InChI is InChI=1S/C4H7NO4.K/c6-3(7)1-5-2-4(8)9;/h5H,1-2H2,(H,6,7)(H,8,9);. The van der Waals surface area contributed by atoms with Crippen molar-refractivity contribution < 1.29 is 19.8 Å². The quantitative estimate of drug-likeness (QED) is 0.443. The van der Waals surface area contributed by atoms with Crippen LogP contribution in [0.3, 0.4) is 0 Å². The van der Waals surface area contributed by atoms with Crippen LogP contribution in [0.1, 0.15) is 0 Å². The first-order valence-electron chi connectivity index (χ1n) is 2.27. The average Bonchev–Trinajstić information content (AvgIpc) is 1.63. The van der Waals surface area contributed by atoms with Gasteiger partial charge in [0.05, 0.1) is 13.1 Å². The summed E-state index contributed by atoms with van der Waals surface area (Å²) in [5.41, 5.74) is 0. The second-order valence-corrected chi connectivity index (χ2v) is 1.39. The van der Waals surface area contributed by atoms with Crippen molar-refractivity contribution in [3.63, 3.8) is 0 Å². The maximum Gasteiger partial charge on any atom is 0.317 e. The van der Waals surface area contributed by atoms with Crippen molar-refractivity contribution in [1.82, 2.24) is 5.32 Å². The molecule has 0 atom stereocenters. The number of carboxylic acid groups (broad SMARTS) is 2. The summed E-state index contributed by atoms with van der Waals surface area (Å²) in [4.78, 5) is 19.5. The van der Waals surface area contributed by atoms with Crippen molar-refractivity contribution in [2.24, 2.45) is 0 Å². The molecule has 5 nitrogen and oxygen atoms in total. The molecule has 0 rings (SSSR count). The average molecular weight is 172 g/mol. The molecule has 0 aliphatic rings. The molecule has 53 valence electrons. The van der Waals surface area contributed by atoms with Gasteiger partial charge in [-0.25, -0.2) is 0 Å². The van der Waals surface area contributed by atoms with E-state index in [-0.39, 0.29) is 64.5 Å². The Morgan fingerprint density at radius 3 is 1.60 bits per heavy atom. The normalized spacial score (nSPS) is 8.00. The number of rotatable bonds is 4. The van der Waals surface area contributed by atoms with Gasteiger partial charge in [0.2, 0.25) is 0 Å². The maximum atomic E-state index is 9.73. The third kappa shape index (κ3) is 11.3. The van der Waals surface area contributed by atoms with E-state index in [4.69, 9.17) is 10.2 Å². The van der Waals surface area contributed by atoms with E-state index in [1.807, 2.05) is 0 Å². The van der Waals surface area contributed by atoms with Gasteiger partial charge < -0.3 is 10.2 Å². The Hall–Kier alpha value is 0.536. The molecule has 0 aromatic carbocycles. The minimum atomic E-state index is -1.06. The fraction of sp³-hybridized carbons (Fsp3) is 0.500. The van der Waals surface area contributed by atoms with E-state index < -0.39 is 11.9 Å². The number of hydrogen-bond acceptors (Lipinski definition) is 3. The zero-order valence-electron chi connectivity index (χ0n) is 5.63. The molecule has 0 spiro atoms. The third-order valence-corrected chi connectivity index (χ3v) is 0.552. The zero-order valence-corrected chi connectivity index (χ0v) is 8.75. The Morgan fingerprint density at radius 2 is 1.40 bits per heavy atom. The van der Waals surface area contributed by atoms with Crippen LogP contribution in [0, 0.1) is 0 Å². The number of aliphatic carboxylic acids is 2. The van der Waals surface area contributed by atoms with Crippen molar-refractivity contribution in [2.75, 3.05) is 13.1 Å². The molecule has 6 heteroatoms. The van der Waals surface area contributed by atoms with Crippen molar-refractivity contribution >= 4 is 63.3 Å². The van der Waals surface area contributed by atoms with Crippen LogP contribution in [0.4, 0.5) is 0 Å². The number of carbonyl (C=O) groups is 2. The molecule has 0 aliphatic heterocycles. The number of hydrogen-bond donors (Lipinski definition) is 3. The van der Waals surface area contributed by atoms with Gasteiger partial charge in [-0.1, -0.05) is 0 Å². The fourth-order valence-electron chi connectivity index (χ4n) is 0.276. The summed E-state index contributed by atoms with van der Waals surface area (Å²) in [6.45, 7) is -0.626. The summed E-state index contributed by atoms with van der Waals surface area (Å²) >= 11 is 0. The summed E-state index contributed by atoms with van der Waals surface area (Å²) in [5, 5.41) is 18.1. The first-order valence-corrected chi connectivity index (χ1v) is 2.27. The molecule has 0 aromatic rings. The molecular formula is C4H7KNO4. The molecule has 0 saturated heterocycles. The minimum Gasteiger partial charge on any atom is -0.480 e. The van der Waals surface area contributed by atoms with E-state index in [1.54, 1.807) is 0 Å². The predicted octanol–water partition coefficient (Wildman–Crippen LogP) is -1.64. The van der Waals surface area contributed by atoms with Gasteiger partial charge >= 0.3 is 11.9 Å². The van der Waals surface area contributed by atoms with Gasteiger partial charge in [0, 0.05) is 51.4 Å². The predicted molar refractivity (Wildman–Crippen MR) is 33.9 cm³/mol. The molecule has 10 heavy (non-hydrogen) atoms. The zero-order chi connectivity index (χ0) is 7.28. The molecule has 3 N–H and O–H groups in total. The van der Waals surface area contributed by atoms with E-state index in [2.05, 4.69) is 5.32 Å². The summed E-state index contributed by atoms with van der Waals surface area (Å²) < 4.78 is 0. The molecule has 0 aliphatic carbocycles. The van der Waals surface area contributed by atoms with E-state index in [0.29, 0.717) is 0 Å². The smallest absolute Gasteiger partial charge is 0.317 e. The first-order chi connectivity index (χ1) is 4.13. The Kier molecular flexibility index (Phi) is 10.0. The van der Waals surface area contributed by atoms with Gasteiger partial charge in [0.15, 0.2) is 0 Å². The van der Waals surface area contributed by atoms with E-state index in [9.17, 15) is 9.59 Å². The second-order valence-electron chi connectivity index (χ2n) is 1.39. The van der Waals surface area contributed by atoms with Gasteiger partial charge in [0.1, 0.15) is 0 Å². The summed E-state index contributed by atoms with van der Waals surface area (Å²) in [6.07, 6.45) is 0. The van der Waals surface area contributed by atoms with Crippen LogP contribution in [0.2, 0.25) is 0 Å². The summed E-state index contributed by atoms with van der Waals surface area (Å²) in [6, 6.07) is 0. The molecular weight excluding hydrogens is 165 g/mol. The number of carboxylic acids is 2. The van der Waals surface area contributed by atoms with Crippen LogP contribution in [-0.2, 0) is 9.59 Å². The monoisotopic (exact) mass is 172 g/mol. The van der Waals surface area contributed by atoms with Gasteiger partial charge in [-0.15, -0.1) is 0 Å². The van der Waals surface area contributed by atoms with Crippen LogP contribution < -0.4 is 5.32 Å². The molecule has 0 heterocycles. The molecule has 0 aromatic heterocycles. The van der Waals surface area contributed by atoms with Crippen molar-refractivity contribution in [1.29, 1.82) is 0 Å². The summed E-state index contributed by atoms with van der Waals surface area (Å²) in [5.74, 6) is -2.12. The number of nitrogens with one attached hydrogen (secondary N) is 1. The van der Waals surface area contributed by atoms with Gasteiger partial charge in [-0.3, -0.25) is 14.9 Å². The first kappa shape index (κ1) is 13.1. The molecule has 0 saturated carbocycles. The largest absolute Gasteiger partial charge is 0.480 e. The Bertz CT molecular complexity index is 112. The van der Waals surface area contributed by atoms with Crippen LogP contribution in [0.5, 0.6) is 0 Å². The molecule has 0 amide bonds. The van der Waals surface area contributed by atoms with Crippen LogP contribution in [0.15, 0.2) is 0 Å². The molecule has 0 bridgehead atoms. The van der Waals surface area contributed by atoms with Crippen molar-refractivity contribution in [3.8, 4) is 0 Å². The van der Waals surface area contributed by atoms with E-state index >= 15 is 0 Å². The summed E-state index contributed by atoms with van der Waals surface area (Å²) in [7, 11) is 0. The Balaban J connectivity index is 0. The van der Waals surface area contributed by atoms with Crippen molar-refractivity contribution in [3.05, 3.63) is 0 Å². The van der Waals surface area contributed by atoms with E-state index in [0.717, 1.165) is 0 Å². The fourth-order valence-corrected chi connectivity index (χ4v) is 0.276. The second kappa shape index (κ2) is 7.64. The van der Waals surface area contributed by atoms with E-state index in [1.165, 1.54) is 0 Å². The Labute approximate surface area is 100 Å². The van der Waals surface area contributed by atoms with Gasteiger partial charge in [0.25, 0.3) is 0 Å². The van der Waals surface area contributed by atoms with Crippen molar-refractivity contribution in [2.45, 2.75) is 0 Å². The molecule has 0 unspecified atom stereocenters. The molecule has 0 fully saturated rings. The van der Waals surface area contributed by atoms with Crippen LogP contribution in [0.25, 0.3) is 0 Å². The Morgan fingerprint density at radius 1 is 1.10 bits per heavy atom.